The van der Waals surface area contributed by atoms with Crippen molar-refractivity contribution < 1.29 is 9.18 Å². The zero-order valence-electron chi connectivity index (χ0n) is 15.7. The molecule has 0 spiro atoms. The Morgan fingerprint density at radius 2 is 1.76 bits per heavy atom. The first-order valence-corrected chi connectivity index (χ1v) is 10.1. The molecule has 4 aromatic rings. The number of nitrogens with zero attached hydrogens (tertiary/aromatic N) is 2. The second-order valence-electron chi connectivity index (χ2n) is 6.67. The molecule has 5 heteroatoms. The van der Waals surface area contributed by atoms with Gasteiger partial charge in [0, 0.05) is 12.1 Å². The van der Waals surface area contributed by atoms with Crippen molar-refractivity contribution in [3.63, 3.8) is 0 Å². The highest BCUT2D eigenvalue weighted by molar-refractivity contribution is 7.16. The molecule has 0 aliphatic rings. The number of carbonyl (C=O) groups excluding carboxylic acids is 1. The Hall–Kier alpha value is -3.31. The first-order chi connectivity index (χ1) is 14.1. The van der Waals surface area contributed by atoms with Crippen LogP contribution in [-0.2, 0) is 13.0 Å². The maximum atomic E-state index is 13.6. The van der Waals surface area contributed by atoms with Crippen molar-refractivity contribution in [2.45, 2.75) is 13.0 Å². The highest BCUT2D eigenvalue weighted by Gasteiger charge is 2.09. The lowest BCUT2D eigenvalue weighted by Gasteiger charge is -2.03. The average Bonchev–Trinajstić information content (AvgIpc) is 3.05. The number of hydrogen-bond acceptors (Lipinski definition) is 2. The minimum Gasteiger partial charge on any atom is -0.312 e. The molecule has 3 nitrogen and oxygen atoms in total. The summed E-state index contributed by atoms with van der Waals surface area (Å²) in [6.07, 6.45) is 2.55. The standard InChI is InChI=1S/C24H19FN2OS/c1-2-14-27-21-13-12-20(25)16-22(21)29-24(27)26-23(28)19-10-8-18(9-11-19)15-17-6-4-3-5-7-17/h2-13,16H,1,14-15H2. The Morgan fingerprint density at radius 3 is 2.48 bits per heavy atom. The van der Waals surface area contributed by atoms with Crippen molar-refractivity contribution in [3.05, 3.63) is 113 Å². The number of aromatic nitrogens is 1. The molecule has 3 aromatic carbocycles. The van der Waals surface area contributed by atoms with Crippen LogP contribution in [0, 0.1) is 5.82 Å². The van der Waals surface area contributed by atoms with Crippen molar-refractivity contribution >= 4 is 27.5 Å². The number of thiazole rings is 1. The van der Waals surface area contributed by atoms with Gasteiger partial charge in [0.15, 0.2) is 4.80 Å². The Labute approximate surface area is 172 Å². The molecule has 1 heterocycles. The number of fused-ring (bicyclic) bond motifs is 1. The Balaban J connectivity index is 1.64. The fourth-order valence-electron chi connectivity index (χ4n) is 3.19. The Morgan fingerprint density at radius 1 is 1.03 bits per heavy atom. The minimum absolute atomic E-state index is 0.309. The summed E-state index contributed by atoms with van der Waals surface area (Å²) in [4.78, 5) is 17.5. The van der Waals surface area contributed by atoms with Gasteiger partial charge in [-0.15, -0.1) is 6.58 Å². The molecule has 0 radical (unpaired) electrons. The molecule has 29 heavy (non-hydrogen) atoms. The van der Waals surface area contributed by atoms with E-state index >= 15 is 0 Å². The lowest BCUT2D eigenvalue weighted by atomic mass is 10.0. The van der Waals surface area contributed by atoms with Crippen LogP contribution in [0.1, 0.15) is 21.5 Å². The van der Waals surface area contributed by atoms with Crippen LogP contribution in [0.4, 0.5) is 4.39 Å². The van der Waals surface area contributed by atoms with Gasteiger partial charge < -0.3 is 4.57 Å². The van der Waals surface area contributed by atoms with Crippen molar-refractivity contribution in [1.82, 2.24) is 4.57 Å². The van der Waals surface area contributed by atoms with E-state index in [4.69, 9.17) is 0 Å². The highest BCUT2D eigenvalue weighted by atomic mass is 32.1. The maximum absolute atomic E-state index is 13.6. The molecule has 0 saturated heterocycles. The topological polar surface area (TPSA) is 34.4 Å². The molecule has 0 bridgehead atoms. The van der Waals surface area contributed by atoms with Crippen molar-refractivity contribution in [2.24, 2.45) is 4.99 Å². The third-order valence-electron chi connectivity index (χ3n) is 4.61. The number of amides is 1. The van der Waals surface area contributed by atoms with Gasteiger partial charge in [-0.1, -0.05) is 59.9 Å². The Kier molecular flexibility index (Phi) is 5.49. The normalized spacial score (nSPS) is 11.7. The van der Waals surface area contributed by atoms with Crippen molar-refractivity contribution in [1.29, 1.82) is 0 Å². The Bertz CT molecular complexity index is 1240. The summed E-state index contributed by atoms with van der Waals surface area (Å²) in [6, 6.07) is 22.3. The lowest BCUT2D eigenvalue weighted by molar-refractivity contribution is 0.0998. The van der Waals surface area contributed by atoms with Gasteiger partial charge >= 0.3 is 0 Å². The molecular formula is C24H19FN2OS. The molecule has 0 fully saturated rings. The second kappa shape index (κ2) is 8.37. The second-order valence-corrected chi connectivity index (χ2v) is 7.68. The molecule has 0 aliphatic heterocycles. The van der Waals surface area contributed by atoms with Gasteiger partial charge in [-0.3, -0.25) is 4.79 Å². The van der Waals surface area contributed by atoms with Gasteiger partial charge in [-0.2, -0.15) is 4.99 Å². The van der Waals surface area contributed by atoms with Crippen LogP contribution in [-0.4, -0.2) is 10.5 Å². The van der Waals surface area contributed by atoms with Gasteiger partial charge in [0.25, 0.3) is 5.91 Å². The molecule has 0 unspecified atom stereocenters. The third kappa shape index (κ3) is 4.25. The number of rotatable bonds is 5. The molecule has 1 aromatic heterocycles. The van der Waals surface area contributed by atoms with Crippen molar-refractivity contribution in [3.8, 4) is 0 Å². The van der Waals surface area contributed by atoms with Crippen LogP contribution in [0.15, 0.2) is 90.4 Å². The van der Waals surface area contributed by atoms with E-state index in [1.807, 2.05) is 34.9 Å². The number of allylic oxidation sites excluding steroid dienone is 1. The van der Waals surface area contributed by atoms with E-state index in [1.165, 1.54) is 29.0 Å². The number of hydrogen-bond donors (Lipinski definition) is 0. The summed E-state index contributed by atoms with van der Waals surface area (Å²) in [7, 11) is 0. The fraction of sp³-hybridized carbons (Fsp3) is 0.0833. The molecule has 4 rings (SSSR count). The van der Waals surface area contributed by atoms with Gasteiger partial charge in [-0.25, -0.2) is 4.39 Å². The zero-order chi connectivity index (χ0) is 20.2. The predicted octanol–water partition coefficient (Wildman–Crippen LogP) is 5.36. The molecule has 0 aliphatic carbocycles. The van der Waals surface area contributed by atoms with E-state index in [0.29, 0.717) is 16.9 Å². The zero-order valence-corrected chi connectivity index (χ0v) is 16.5. The largest absolute Gasteiger partial charge is 0.312 e. The van der Waals surface area contributed by atoms with E-state index in [9.17, 15) is 9.18 Å². The van der Waals surface area contributed by atoms with E-state index in [2.05, 4.69) is 23.7 Å². The number of benzene rings is 3. The molecule has 144 valence electrons. The fourth-order valence-corrected chi connectivity index (χ4v) is 4.25. The average molecular weight is 402 g/mol. The number of halogens is 1. The van der Waals surface area contributed by atoms with Crippen LogP contribution in [0.25, 0.3) is 10.2 Å². The van der Waals surface area contributed by atoms with Crippen LogP contribution in [0.3, 0.4) is 0 Å². The minimum atomic E-state index is -0.318. The smallest absolute Gasteiger partial charge is 0.279 e. The molecule has 0 N–H and O–H groups in total. The third-order valence-corrected chi connectivity index (χ3v) is 5.65. The molecular weight excluding hydrogens is 383 g/mol. The molecule has 0 atom stereocenters. The van der Waals surface area contributed by atoms with Gasteiger partial charge in [0.2, 0.25) is 0 Å². The highest BCUT2D eigenvalue weighted by Crippen LogP contribution is 2.19. The van der Waals surface area contributed by atoms with Crippen LogP contribution >= 0.6 is 11.3 Å². The summed E-state index contributed by atoms with van der Waals surface area (Å²) in [5, 5.41) is 0. The molecule has 0 saturated carbocycles. The predicted molar refractivity (Wildman–Crippen MR) is 116 cm³/mol. The first-order valence-electron chi connectivity index (χ1n) is 9.26. The molecule has 1 amide bonds. The summed E-state index contributed by atoms with van der Waals surface area (Å²) in [5.74, 6) is -0.627. The summed E-state index contributed by atoms with van der Waals surface area (Å²) in [5.41, 5.74) is 3.71. The summed E-state index contributed by atoms with van der Waals surface area (Å²) < 4.78 is 16.2. The summed E-state index contributed by atoms with van der Waals surface area (Å²) in [6.45, 7) is 4.26. The first kappa shape index (κ1) is 19.0. The van der Waals surface area contributed by atoms with Gasteiger partial charge in [0.1, 0.15) is 5.82 Å². The monoisotopic (exact) mass is 402 g/mol. The van der Waals surface area contributed by atoms with E-state index < -0.39 is 0 Å². The summed E-state index contributed by atoms with van der Waals surface area (Å²) >= 11 is 1.29. The van der Waals surface area contributed by atoms with Crippen molar-refractivity contribution in [2.75, 3.05) is 0 Å². The van der Waals surface area contributed by atoms with Crippen LogP contribution in [0.5, 0.6) is 0 Å². The van der Waals surface area contributed by atoms with E-state index in [0.717, 1.165) is 22.2 Å². The SMILES string of the molecule is C=CCn1c(=NC(=O)c2ccc(Cc3ccccc3)cc2)sc2cc(F)ccc21. The van der Waals surface area contributed by atoms with Gasteiger partial charge in [-0.05, 0) is 47.9 Å². The maximum Gasteiger partial charge on any atom is 0.279 e. The van der Waals surface area contributed by atoms with E-state index in [1.54, 1.807) is 24.3 Å². The van der Waals surface area contributed by atoms with E-state index in [-0.39, 0.29) is 11.7 Å². The van der Waals surface area contributed by atoms with Gasteiger partial charge in [0.05, 0.1) is 10.2 Å². The van der Waals surface area contributed by atoms with Crippen LogP contribution in [0.2, 0.25) is 0 Å². The van der Waals surface area contributed by atoms with Crippen LogP contribution < -0.4 is 4.80 Å². The number of carbonyl (C=O) groups is 1. The lowest BCUT2D eigenvalue weighted by Crippen LogP contribution is -2.16. The quantitative estimate of drug-likeness (QED) is 0.414.